The van der Waals surface area contributed by atoms with E-state index in [0.29, 0.717) is 31.6 Å². The van der Waals surface area contributed by atoms with Crippen molar-refractivity contribution in [2.75, 3.05) is 19.8 Å². The predicted octanol–water partition coefficient (Wildman–Crippen LogP) is 1.56. The zero-order valence-electron chi connectivity index (χ0n) is 14.5. The van der Waals surface area contributed by atoms with Crippen molar-refractivity contribution in [3.63, 3.8) is 0 Å². The smallest absolute Gasteiger partial charge is 0.275 e. The van der Waals surface area contributed by atoms with E-state index in [4.69, 9.17) is 4.74 Å². The normalized spacial score (nSPS) is 15.6. The molecule has 1 unspecified atom stereocenters. The molecule has 7 nitrogen and oxygen atoms in total. The van der Waals surface area contributed by atoms with E-state index in [2.05, 4.69) is 9.82 Å². The van der Waals surface area contributed by atoms with Gasteiger partial charge in [-0.3, -0.25) is 9.00 Å². The van der Waals surface area contributed by atoms with Crippen LogP contribution in [0, 0.1) is 0 Å². The first-order chi connectivity index (χ1) is 13.1. The Balaban J connectivity index is 1.78. The molecule has 8 heteroatoms. The van der Waals surface area contributed by atoms with E-state index >= 15 is 0 Å². The highest BCUT2D eigenvalue weighted by molar-refractivity contribution is 7.77. The Morgan fingerprint density at radius 3 is 2.67 bits per heavy atom. The van der Waals surface area contributed by atoms with Gasteiger partial charge in [0, 0.05) is 28.8 Å². The summed E-state index contributed by atoms with van der Waals surface area (Å²) in [6.07, 6.45) is 0.565. The van der Waals surface area contributed by atoms with E-state index in [1.165, 1.54) is 4.68 Å². The largest absolute Gasteiger partial charge is 0.760 e. The first-order valence-electron chi connectivity index (χ1n) is 8.65. The van der Waals surface area contributed by atoms with Crippen molar-refractivity contribution >= 4 is 22.0 Å². The van der Waals surface area contributed by atoms with Crippen molar-refractivity contribution in [2.45, 2.75) is 12.5 Å². The van der Waals surface area contributed by atoms with Crippen molar-refractivity contribution in [2.24, 2.45) is 0 Å². The molecule has 2 aromatic carbocycles. The predicted molar refractivity (Wildman–Crippen MR) is 102 cm³/mol. The van der Waals surface area contributed by atoms with Crippen LogP contribution in [0.2, 0.25) is 0 Å². The first kappa shape index (κ1) is 18.0. The van der Waals surface area contributed by atoms with Crippen LogP contribution < -0.4 is 10.3 Å². The molecule has 0 bridgehead atoms. The number of hydrogen-bond acceptors (Lipinski definition) is 5. The van der Waals surface area contributed by atoms with Gasteiger partial charge in [0.2, 0.25) is 0 Å². The van der Waals surface area contributed by atoms with E-state index in [9.17, 15) is 13.6 Å². The average Bonchev–Trinajstić information content (AvgIpc) is 2.62. The number of hydrogen-bond donors (Lipinski definition) is 1. The fourth-order valence-corrected chi connectivity index (χ4v) is 3.45. The number of nitrogens with one attached hydrogen (secondary N) is 1. The lowest BCUT2D eigenvalue weighted by Crippen LogP contribution is -2.39. The van der Waals surface area contributed by atoms with E-state index in [1.807, 2.05) is 48.5 Å². The third kappa shape index (κ3) is 3.70. The second kappa shape index (κ2) is 7.69. The third-order valence-corrected chi connectivity index (χ3v) is 5.07. The molecular formula is C19H18N3O4S-. The Hall–Kier alpha value is -2.39. The maximum Gasteiger partial charge on any atom is 0.275 e. The van der Waals surface area contributed by atoms with Gasteiger partial charge in [0.1, 0.15) is 6.04 Å². The summed E-state index contributed by atoms with van der Waals surface area (Å²) in [7, 11) is 0. The molecule has 1 atom stereocenters. The van der Waals surface area contributed by atoms with Gasteiger partial charge in [-0.05, 0) is 24.1 Å². The van der Waals surface area contributed by atoms with Crippen molar-refractivity contribution in [1.82, 2.24) is 14.5 Å². The van der Waals surface area contributed by atoms with Crippen LogP contribution >= 0.6 is 0 Å². The molecule has 1 aliphatic rings. The zero-order chi connectivity index (χ0) is 18.8. The number of benzene rings is 2. The van der Waals surface area contributed by atoms with Crippen molar-refractivity contribution < 1.29 is 13.5 Å². The fourth-order valence-electron chi connectivity index (χ4n) is 3.18. The van der Waals surface area contributed by atoms with Gasteiger partial charge in [-0.15, -0.1) is 0 Å². The molecule has 1 N–H and O–H groups in total. The van der Waals surface area contributed by atoms with Crippen LogP contribution in [0.25, 0.3) is 22.0 Å². The lowest BCUT2D eigenvalue weighted by molar-refractivity contribution is -0.0303. The molecule has 0 spiro atoms. The zero-order valence-corrected chi connectivity index (χ0v) is 15.3. The summed E-state index contributed by atoms with van der Waals surface area (Å²) < 4.78 is 30.4. The Kier molecular flexibility index (Phi) is 5.13. The molecule has 1 fully saturated rings. The topological polar surface area (TPSA) is 96.3 Å². The van der Waals surface area contributed by atoms with Crippen LogP contribution in [0.3, 0.4) is 0 Å². The molecular weight excluding hydrogens is 366 g/mol. The molecule has 4 rings (SSSR count). The summed E-state index contributed by atoms with van der Waals surface area (Å²) in [6.45, 7) is 1.30. The molecule has 140 valence electrons. The van der Waals surface area contributed by atoms with Gasteiger partial charge in [0.25, 0.3) is 5.56 Å². The summed E-state index contributed by atoms with van der Waals surface area (Å²) >= 11 is -2.27. The van der Waals surface area contributed by atoms with Crippen LogP contribution in [-0.2, 0) is 22.4 Å². The third-order valence-electron chi connectivity index (χ3n) is 4.63. The number of ether oxygens (including phenoxy) is 1. The Morgan fingerprint density at radius 1 is 1.19 bits per heavy atom. The SMILES string of the molecule is O=c1c2ccccc2c(-c2cccc(CCNS(=O)[O-])c2)nn1C1COC1. The monoisotopic (exact) mass is 384 g/mol. The maximum atomic E-state index is 12.8. The van der Waals surface area contributed by atoms with Crippen LogP contribution in [-0.4, -0.2) is 38.3 Å². The summed E-state index contributed by atoms with van der Waals surface area (Å²) in [5.41, 5.74) is 2.50. The Labute approximate surface area is 158 Å². The highest BCUT2D eigenvalue weighted by atomic mass is 32.2. The number of rotatable bonds is 6. The standard InChI is InChI=1S/C19H19N3O4S/c23-19-17-7-2-1-6-16(17)18(21-22(19)15-11-26-12-15)14-5-3-4-13(10-14)8-9-20-27(24)25/h1-7,10,15,20H,8-9,11-12H2,(H,24,25)/p-1. The Bertz CT molecular complexity index is 1060. The molecule has 27 heavy (non-hydrogen) atoms. The van der Waals surface area contributed by atoms with Crippen LogP contribution in [0.5, 0.6) is 0 Å². The summed E-state index contributed by atoms with van der Waals surface area (Å²) in [4.78, 5) is 12.8. The molecule has 1 saturated heterocycles. The first-order valence-corrected chi connectivity index (χ1v) is 9.72. The van der Waals surface area contributed by atoms with Gasteiger partial charge in [-0.25, -0.2) is 9.40 Å². The molecule has 0 radical (unpaired) electrons. The average molecular weight is 384 g/mol. The second-order valence-corrected chi connectivity index (χ2v) is 7.17. The number of fused-ring (bicyclic) bond motifs is 1. The van der Waals surface area contributed by atoms with Crippen LogP contribution in [0.15, 0.2) is 53.3 Å². The van der Waals surface area contributed by atoms with Gasteiger partial charge < -0.3 is 9.29 Å². The van der Waals surface area contributed by atoms with E-state index in [-0.39, 0.29) is 11.6 Å². The maximum absolute atomic E-state index is 12.8. The van der Waals surface area contributed by atoms with Gasteiger partial charge >= 0.3 is 0 Å². The lowest BCUT2D eigenvalue weighted by Gasteiger charge is -2.27. The number of nitrogens with zero attached hydrogens (tertiary/aromatic N) is 2. The Morgan fingerprint density at radius 2 is 1.96 bits per heavy atom. The van der Waals surface area contributed by atoms with Crippen molar-refractivity contribution in [3.05, 3.63) is 64.4 Å². The minimum absolute atomic E-state index is 0.0414. The molecule has 0 saturated carbocycles. The van der Waals surface area contributed by atoms with Crippen LogP contribution in [0.4, 0.5) is 0 Å². The van der Waals surface area contributed by atoms with Crippen molar-refractivity contribution in [1.29, 1.82) is 0 Å². The van der Waals surface area contributed by atoms with E-state index < -0.39 is 11.3 Å². The summed E-state index contributed by atoms with van der Waals surface area (Å²) in [5, 5.41) is 6.08. The minimum Gasteiger partial charge on any atom is -0.760 e. The molecule has 1 aliphatic heterocycles. The van der Waals surface area contributed by atoms with Crippen molar-refractivity contribution in [3.8, 4) is 11.3 Å². The van der Waals surface area contributed by atoms with E-state index in [1.54, 1.807) is 0 Å². The van der Waals surface area contributed by atoms with Gasteiger partial charge in [0.05, 0.1) is 24.3 Å². The minimum atomic E-state index is -2.27. The van der Waals surface area contributed by atoms with Gasteiger partial charge in [0.15, 0.2) is 0 Å². The molecule has 1 aromatic heterocycles. The molecule has 2 heterocycles. The summed E-state index contributed by atoms with van der Waals surface area (Å²) in [6, 6.07) is 15.2. The van der Waals surface area contributed by atoms with Crippen LogP contribution in [0.1, 0.15) is 11.6 Å². The van der Waals surface area contributed by atoms with E-state index in [0.717, 1.165) is 22.2 Å². The van der Waals surface area contributed by atoms with Gasteiger partial charge in [-0.1, -0.05) is 36.4 Å². The summed E-state index contributed by atoms with van der Waals surface area (Å²) in [5.74, 6) is 0. The highest BCUT2D eigenvalue weighted by Gasteiger charge is 2.24. The quantitative estimate of drug-likeness (QED) is 0.651. The van der Waals surface area contributed by atoms with Gasteiger partial charge in [-0.2, -0.15) is 5.10 Å². The lowest BCUT2D eigenvalue weighted by atomic mass is 10.0. The highest BCUT2D eigenvalue weighted by Crippen LogP contribution is 2.27. The molecule has 3 aromatic rings. The number of aromatic nitrogens is 2. The molecule has 0 aliphatic carbocycles. The fraction of sp³-hybridized carbons (Fsp3) is 0.263. The molecule has 0 amide bonds. The second-order valence-electron chi connectivity index (χ2n) is 6.41.